The molecule has 27 heavy (non-hydrogen) atoms. The van der Waals surface area contributed by atoms with Crippen LogP contribution in [-0.4, -0.2) is 17.5 Å². The third-order valence-electron chi connectivity index (χ3n) is 3.89. The van der Waals surface area contributed by atoms with Crippen molar-refractivity contribution in [2.45, 2.75) is 26.9 Å². The highest BCUT2D eigenvalue weighted by Gasteiger charge is 2.07. The minimum atomic E-state index is 0. The Kier molecular flexibility index (Phi) is 8.32. The number of oxazole rings is 1. The van der Waals surface area contributed by atoms with Crippen LogP contribution in [0.25, 0.3) is 11.5 Å². The smallest absolute Gasteiger partial charge is 0.226 e. The van der Waals surface area contributed by atoms with E-state index >= 15 is 0 Å². The summed E-state index contributed by atoms with van der Waals surface area (Å²) >= 11 is 0. The van der Waals surface area contributed by atoms with E-state index in [1.807, 2.05) is 37.3 Å². The number of rotatable bonds is 6. The second kappa shape index (κ2) is 10.7. The Labute approximate surface area is 177 Å². The van der Waals surface area contributed by atoms with Crippen molar-refractivity contribution in [1.29, 1.82) is 0 Å². The maximum Gasteiger partial charge on any atom is 0.226 e. The van der Waals surface area contributed by atoms with Crippen molar-refractivity contribution in [3.05, 3.63) is 77.7 Å². The molecule has 6 heteroatoms. The number of hydrogen-bond donors (Lipinski definition) is 2. The van der Waals surface area contributed by atoms with Gasteiger partial charge in [-0.3, -0.25) is 0 Å². The first-order valence-electron chi connectivity index (χ1n) is 8.82. The van der Waals surface area contributed by atoms with Crippen LogP contribution in [0.4, 0.5) is 0 Å². The molecule has 0 fully saturated rings. The molecule has 0 bridgehead atoms. The van der Waals surface area contributed by atoms with Crippen LogP contribution in [0.3, 0.4) is 0 Å². The molecule has 1 aromatic heterocycles. The third kappa shape index (κ3) is 6.39. The number of nitrogens with zero attached hydrogens (tertiary/aromatic N) is 2. The van der Waals surface area contributed by atoms with Crippen LogP contribution in [0.15, 0.2) is 70.3 Å². The molecular weight excluding hydrogens is 451 g/mol. The molecule has 0 saturated heterocycles. The number of nitrogens with one attached hydrogen (secondary N) is 2. The summed E-state index contributed by atoms with van der Waals surface area (Å²) in [5.41, 5.74) is 4.24. The molecule has 5 nitrogen and oxygen atoms in total. The highest BCUT2D eigenvalue weighted by Crippen LogP contribution is 2.17. The van der Waals surface area contributed by atoms with Crippen molar-refractivity contribution < 1.29 is 4.42 Å². The van der Waals surface area contributed by atoms with Crippen LogP contribution in [0.1, 0.15) is 23.7 Å². The Balaban J connectivity index is 0.00000261. The predicted octanol–water partition coefficient (Wildman–Crippen LogP) is 4.52. The van der Waals surface area contributed by atoms with E-state index in [0.29, 0.717) is 19.0 Å². The van der Waals surface area contributed by atoms with Gasteiger partial charge < -0.3 is 15.1 Å². The van der Waals surface area contributed by atoms with E-state index in [0.717, 1.165) is 23.8 Å². The normalized spacial score (nSPS) is 11.0. The summed E-state index contributed by atoms with van der Waals surface area (Å²) in [4.78, 5) is 9.16. The van der Waals surface area contributed by atoms with Crippen LogP contribution >= 0.6 is 24.0 Å². The van der Waals surface area contributed by atoms with Gasteiger partial charge in [-0.25, -0.2) is 9.98 Å². The first-order valence-corrected chi connectivity index (χ1v) is 8.82. The van der Waals surface area contributed by atoms with E-state index in [4.69, 9.17) is 4.42 Å². The van der Waals surface area contributed by atoms with E-state index in [9.17, 15) is 0 Å². The summed E-state index contributed by atoms with van der Waals surface area (Å²) in [6, 6.07) is 18.3. The quantitative estimate of drug-likeness (QED) is 0.312. The van der Waals surface area contributed by atoms with Gasteiger partial charge in [-0.15, -0.1) is 24.0 Å². The van der Waals surface area contributed by atoms with Crippen LogP contribution in [0, 0.1) is 6.92 Å². The van der Waals surface area contributed by atoms with Gasteiger partial charge in [-0.1, -0.05) is 48.0 Å². The van der Waals surface area contributed by atoms with Crippen molar-refractivity contribution in [2.24, 2.45) is 4.99 Å². The third-order valence-corrected chi connectivity index (χ3v) is 3.89. The van der Waals surface area contributed by atoms with Crippen molar-refractivity contribution in [1.82, 2.24) is 15.6 Å². The molecule has 0 aliphatic carbocycles. The fourth-order valence-corrected chi connectivity index (χ4v) is 2.48. The van der Waals surface area contributed by atoms with E-state index in [1.165, 1.54) is 11.1 Å². The SMILES string of the molecule is CCNC(=NCc1ccc(C)cc1)NCc1coc(-c2ccccc2)n1.I. The first-order chi connectivity index (χ1) is 12.7. The molecule has 142 valence electrons. The second-order valence-corrected chi connectivity index (χ2v) is 6.04. The minimum absolute atomic E-state index is 0. The number of aromatic nitrogens is 1. The fraction of sp³-hybridized carbons (Fsp3) is 0.238. The molecule has 1 heterocycles. The zero-order valence-electron chi connectivity index (χ0n) is 15.6. The summed E-state index contributed by atoms with van der Waals surface area (Å²) < 4.78 is 5.57. The average molecular weight is 476 g/mol. The lowest BCUT2D eigenvalue weighted by molar-refractivity contribution is 0.572. The lowest BCUT2D eigenvalue weighted by Crippen LogP contribution is -2.36. The van der Waals surface area contributed by atoms with Gasteiger partial charge in [0.05, 0.1) is 18.8 Å². The van der Waals surface area contributed by atoms with E-state index in [2.05, 4.69) is 51.8 Å². The average Bonchev–Trinajstić information content (AvgIpc) is 3.15. The largest absolute Gasteiger partial charge is 0.444 e. The Morgan fingerprint density at radius 2 is 1.78 bits per heavy atom. The molecule has 2 aromatic carbocycles. The fourth-order valence-electron chi connectivity index (χ4n) is 2.48. The molecule has 0 amide bonds. The Hall–Kier alpha value is -2.35. The number of halogens is 1. The summed E-state index contributed by atoms with van der Waals surface area (Å²) in [6.45, 7) is 6.11. The van der Waals surface area contributed by atoms with E-state index < -0.39 is 0 Å². The standard InChI is InChI=1S/C21H24N4O.HI/c1-3-22-21(23-13-17-11-9-16(2)10-12-17)24-14-19-15-26-20(25-19)18-7-5-4-6-8-18;/h4-12,15H,3,13-14H2,1-2H3,(H2,22,23,24);1H. The molecule has 0 aliphatic heterocycles. The van der Waals surface area contributed by atoms with Crippen LogP contribution in [-0.2, 0) is 13.1 Å². The molecular formula is C21H25IN4O. The first kappa shape index (κ1) is 21.0. The highest BCUT2D eigenvalue weighted by molar-refractivity contribution is 14.0. The Morgan fingerprint density at radius 3 is 2.48 bits per heavy atom. The lowest BCUT2D eigenvalue weighted by atomic mass is 10.1. The highest BCUT2D eigenvalue weighted by atomic mass is 127. The van der Waals surface area contributed by atoms with Gasteiger partial charge in [0.25, 0.3) is 0 Å². The molecule has 0 spiro atoms. The van der Waals surface area contributed by atoms with Crippen molar-refractivity contribution in [3.63, 3.8) is 0 Å². The number of benzene rings is 2. The van der Waals surface area contributed by atoms with E-state index in [1.54, 1.807) is 6.26 Å². The van der Waals surface area contributed by atoms with Crippen molar-refractivity contribution >= 4 is 29.9 Å². The molecule has 0 atom stereocenters. The van der Waals surface area contributed by atoms with Gasteiger partial charge in [0.2, 0.25) is 5.89 Å². The minimum Gasteiger partial charge on any atom is -0.444 e. The number of hydrogen-bond acceptors (Lipinski definition) is 3. The summed E-state index contributed by atoms with van der Waals surface area (Å²) in [5, 5.41) is 6.55. The second-order valence-electron chi connectivity index (χ2n) is 6.04. The van der Waals surface area contributed by atoms with Crippen LogP contribution < -0.4 is 10.6 Å². The predicted molar refractivity (Wildman–Crippen MR) is 120 cm³/mol. The van der Waals surface area contributed by atoms with Crippen molar-refractivity contribution in [3.8, 4) is 11.5 Å². The number of aliphatic imine (C=N–C) groups is 1. The van der Waals surface area contributed by atoms with E-state index in [-0.39, 0.29) is 24.0 Å². The molecule has 0 unspecified atom stereocenters. The van der Waals surface area contributed by atoms with Crippen LogP contribution in [0.5, 0.6) is 0 Å². The monoisotopic (exact) mass is 476 g/mol. The summed E-state index contributed by atoms with van der Waals surface area (Å²) in [5.74, 6) is 1.39. The molecule has 0 aliphatic rings. The van der Waals surface area contributed by atoms with Gasteiger partial charge in [-0.05, 0) is 31.5 Å². The van der Waals surface area contributed by atoms with Gasteiger partial charge in [0.1, 0.15) is 6.26 Å². The lowest BCUT2D eigenvalue weighted by Gasteiger charge is -2.10. The van der Waals surface area contributed by atoms with Crippen LogP contribution in [0.2, 0.25) is 0 Å². The van der Waals surface area contributed by atoms with Gasteiger partial charge in [-0.2, -0.15) is 0 Å². The van der Waals surface area contributed by atoms with Gasteiger partial charge in [0.15, 0.2) is 5.96 Å². The maximum atomic E-state index is 5.57. The topological polar surface area (TPSA) is 62.5 Å². The van der Waals surface area contributed by atoms with Gasteiger partial charge in [0, 0.05) is 12.1 Å². The zero-order valence-corrected chi connectivity index (χ0v) is 17.9. The molecule has 0 radical (unpaired) electrons. The summed E-state index contributed by atoms with van der Waals surface area (Å²) in [6.07, 6.45) is 1.68. The maximum absolute atomic E-state index is 5.57. The number of guanidine groups is 1. The molecule has 2 N–H and O–H groups in total. The van der Waals surface area contributed by atoms with Crippen molar-refractivity contribution in [2.75, 3.05) is 6.54 Å². The Morgan fingerprint density at radius 1 is 1.04 bits per heavy atom. The molecule has 3 rings (SSSR count). The summed E-state index contributed by atoms with van der Waals surface area (Å²) in [7, 11) is 0. The Bertz CT molecular complexity index is 844. The molecule has 0 saturated carbocycles. The zero-order chi connectivity index (χ0) is 18.2. The van der Waals surface area contributed by atoms with Gasteiger partial charge >= 0.3 is 0 Å². The number of aryl methyl sites for hydroxylation is 1. The molecule has 3 aromatic rings.